The molecule has 1 aliphatic heterocycles. The van der Waals surface area contributed by atoms with E-state index >= 15 is 0 Å². The minimum absolute atomic E-state index is 0.0868. The molecule has 2 heterocycles. The number of carbonyl (C=O) groups excluding carboxylic acids is 1. The van der Waals surface area contributed by atoms with Gasteiger partial charge in [0.25, 0.3) is 0 Å². The SMILES string of the molecule is Cn1ccnc1C(=O)c1cccc2c1OCC2. The zero-order valence-electron chi connectivity index (χ0n) is 9.51. The molecule has 0 N–H and O–H groups in total. The highest BCUT2D eigenvalue weighted by molar-refractivity contribution is 6.08. The van der Waals surface area contributed by atoms with Gasteiger partial charge in [-0.1, -0.05) is 12.1 Å². The van der Waals surface area contributed by atoms with Crippen LogP contribution in [0.2, 0.25) is 0 Å². The minimum atomic E-state index is -0.0868. The lowest BCUT2D eigenvalue weighted by Gasteiger charge is -2.06. The Morgan fingerprint density at radius 3 is 3.12 bits per heavy atom. The first-order valence-corrected chi connectivity index (χ1v) is 5.54. The third-order valence-corrected chi connectivity index (χ3v) is 2.98. The molecule has 0 aliphatic carbocycles. The number of ether oxygens (including phenoxy) is 1. The molecule has 4 nitrogen and oxygen atoms in total. The largest absolute Gasteiger partial charge is 0.492 e. The molecule has 17 heavy (non-hydrogen) atoms. The molecule has 4 heteroatoms. The molecule has 0 spiro atoms. The second-order valence-electron chi connectivity index (χ2n) is 4.08. The summed E-state index contributed by atoms with van der Waals surface area (Å²) in [5, 5.41) is 0. The number of ketones is 1. The first-order chi connectivity index (χ1) is 8.27. The van der Waals surface area contributed by atoms with Crippen LogP contribution in [0.4, 0.5) is 0 Å². The molecule has 0 saturated carbocycles. The van der Waals surface area contributed by atoms with Gasteiger partial charge >= 0.3 is 0 Å². The Bertz CT molecular complexity index is 587. The highest BCUT2D eigenvalue weighted by Gasteiger charge is 2.23. The first kappa shape index (κ1) is 10.1. The van der Waals surface area contributed by atoms with E-state index in [9.17, 15) is 4.79 Å². The first-order valence-electron chi connectivity index (χ1n) is 5.54. The molecular weight excluding hydrogens is 216 g/mol. The number of aromatic nitrogens is 2. The topological polar surface area (TPSA) is 44.1 Å². The van der Waals surface area contributed by atoms with Gasteiger partial charge in [-0.25, -0.2) is 4.98 Å². The van der Waals surface area contributed by atoms with Crippen LogP contribution in [0.1, 0.15) is 21.7 Å². The maximum Gasteiger partial charge on any atom is 0.232 e. The average Bonchev–Trinajstić information content (AvgIpc) is 2.95. The van der Waals surface area contributed by atoms with E-state index in [1.165, 1.54) is 0 Å². The summed E-state index contributed by atoms with van der Waals surface area (Å²) in [6.45, 7) is 0.653. The van der Waals surface area contributed by atoms with Crippen molar-refractivity contribution in [3.63, 3.8) is 0 Å². The van der Waals surface area contributed by atoms with Gasteiger partial charge in [-0.15, -0.1) is 0 Å². The number of hydrogen-bond donors (Lipinski definition) is 0. The number of aryl methyl sites for hydroxylation is 1. The maximum absolute atomic E-state index is 12.3. The van der Waals surface area contributed by atoms with E-state index in [1.807, 2.05) is 19.2 Å². The zero-order valence-corrected chi connectivity index (χ0v) is 9.51. The van der Waals surface area contributed by atoms with Crippen molar-refractivity contribution in [1.29, 1.82) is 0 Å². The quantitative estimate of drug-likeness (QED) is 0.733. The van der Waals surface area contributed by atoms with Crippen LogP contribution in [0.5, 0.6) is 5.75 Å². The lowest BCUT2D eigenvalue weighted by atomic mass is 10.0. The summed E-state index contributed by atoms with van der Waals surface area (Å²) < 4.78 is 7.25. The number of hydrogen-bond acceptors (Lipinski definition) is 3. The molecule has 0 atom stereocenters. The normalized spacial score (nSPS) is 13.2. The molecule has 0 fully saturated rings. The third-order valence-electron chi connectivity index (χ3n) is 2.98. The minimum Gasteiger partial charge on any atom is -0.492 e. The van der Waals surface area contributed by atoms with E-state index in [2.05, 4.69) is 4.98 Å². The summed E-state index contributed by atoms with van der Waals surface area (Å²) >= 11 is 0. The van der Waals surface area contributed by atoms with Crippen LogP contribution in [0.3, 0.4) is 0 Å². The van der Waals surface area contributed by atoms with E-state index in [4.69, 9.17) is 4.74 Å². The fourth-order valence-electron chi connectivity index (χ4n) is 2.10. The molecule has 3 rings (SSSR count). The standard InChI is InChI=1S/C13H12N2O2/c1-15-7-6-14-13(15)11(16)10-4-2-3-9-5-8-17-12(9)10/h2-4,6-7H,5,8H2,1H3. The summed E-state index contributed by atoms with van der Waals surface area (Å²) in [4.78, 5) is 16.4. The van der Waals surface area contributed by atoms with Crippen molar-refractivity contribution >= 4 is 5.78 Å². The lowest BCUT2D eigenvalue weighted by molar-refractivity contribution is 0.102. The number of carbonyl (C=O) groups is 1. The van der Waals surface area contributed by atoms with E-state index in [0.717, 1.165) is 17.7 Å². The predicted octanol–water partition coefficient (Wildman–Crippen LogP) is 1.59. The number of benzene rings is 1. The van der Waals surface area contributed by atoms with Gasteiger partial charge in [-0.2, -0.15) is 0 Å². The van der Waals surface area contributed by atoms with Gasteiger partial charge in [0, 0.05) is 25.9 Å². The molecule has 0 radical (unpaired) electrons. The molecular formula is C13H12N2O2. The lowest BCUT2D eigenvalue weighted by Crippen LogP contribution is -2.09. The molecule has 1 aromatic heterocycles. The Kier molecular flexibility index (Phi) is 2.21. The van der Waals surface area contributed by atoms with Gasteiger partial charge in [-0.05, 0) is 11.6 Å². The summed E-state index contributed by atoms with van der Waals surface area (Å²) in [5.74, 6) is 1.07. The number of nitrogens with zero attached hydrogens (tertiary/aromatic N) is 2. The van der Waals surface area contributed by atoms with E-state index in [0.29, 0.717) is 18.0 Å². The number of rotatable bonds is 2. The number of imidazole rings is 1. The van der Waals surface area contributed by atoms with Gasteiger partial charge < -0.3 is 9.30 Å². The van der Waals surface area contributed by atoms with Crippen molar-refractivity contribution in [3.8, 4) is 5.75 Å². The van der Waals surface area contributed by atoms with Crippen LogP contribution in [0, 0.1) is 0 Å². The molecule has 86 valence electrons. The second kappa shape index (κ2) is 3.73. The summed E-state index contributed by atoms with van der Waals surface area (Å²) in [6, 6.07) is 5.68. The van der Waals surface area contributed by atoms with Gasteiger partial charge in [0.2, 0.25) is 5.78 Å². The molecule has 2 aromatic rings. The van der Waals surface area contributed by atoms with E-state index in [1.54, 1.807) is 23.0 Å². The van der Waals surface area contributed by atoms with Crippen molar-refractivity contribution in [3.05, 3.63) is 47.5 Å². The van der Waals surface area contributed by atoms with Gasteiger partial charge in [0.05, 0.1) is 12.2 Å². The zero-order chi connectivity index (χ0) is 11.8. The Labute approximate surface area is 98.9 Å². The Morgan fingerprint density at radius 2 is 2.35 bits per heavy atom. The van der Waals surface area contributed by atoms with Crippen molar-refractivity contribution in [2.24, 2.45) is 7.05 Å². The summed E-state index contributed by atoms with van der Waals surface area (Å²) in [6.07, 6.45) is 4.26. The Morgan fingerprint density at radius 1 is 1.47 bits per heavy atom. The Hall–Kier alpha value is -2.10. The van der Waals surface area contributed by atoms with Crippen LogP contribution in [-0.2, 0) is 13.5 Å². The second-order valence-corrected chi connectivity index (χ2v) is 4.08. The van der Waals surface area contributed by atoms with Gasteiger partial charge in [0.15, 0.2) is 5.82 Å². The van der Waals surface area contributed by atoms with Crippen molar-refractivity contribution in [2.75, 3.05) is 6.61 Å². The summed E-state index contributed by atoms with van der Waals surface area (Å²) in [7, 11) is 1.81. The van der Waals surface area contributed by atoms with Crippen molar-refractivity contribution in [2.45, 2.75) is 6.42 Å². The van der Waals surface area contributed by atoms with Crippen LogP contribution in [-0.4, -0.2) is 21.9 Å². The summed E-state index contributed by atoms with van der Waals surface area (Å²) in [5.41, 5.74) is 1.71. The van der Waals surface area contributed by atoms with Crippen LogP contribution in [0.15, 0.2) is 30.6 Å². The van der Waals surface area contributed by atoms with E-state index < -0.39 is 0 Å². The monoisotopic (exact) mass is 228 g/mol. The molecule has 1 aromatic carbocycles. The fourth-order valence-corrected chi connectivity index (χ4v) is 2.10. The van der Waals surface area contributed by atoms with Crippen molar-refractivity contribution < 1.29 is 9.53 Å². The van der Waals surface area contributed by atoms with E-state index in [-0.39, 0.29) is 5.78 Å². The molecule has 0 bridgehead atoms. The van der Waals surface area contributed by atoms with Gasteiger partial charge in [-0.3, -0.25) is 4.79 Å². The highest BCUT2D eigenvalue weighted by Crippen LogP contribution is 2.30. The number of fused-ring (bicyclic) bond motifs is 1. The molecule has 1 aliphatic rings. The Balaban J connectivity index is 2.09. The van der Waals surface area contributed by atoms with Crippen LogP contribution in [0.25, 0.3) is 0 Å². The van der Waals surface area contributed by atoms with Crippen LogP contribution >= 0.6 is 0 Å². The molecule has 0 amide bonds. The van der Waals surface area contributed by atoms with Gasteiger partial charge in [0.1, 0.15) is 5.75 Å². The fraction of sp³-hybridized carbons (Fsp3) is 0.231. The van der Waals surface area contributed by atoms with Crippen LogP contribution < -0.4 is 4.74 Å². The highest BCUT2D eigenvalue weighted by atomic mass is 16.5. The average molecular weight is 228 g/mol. The smallest absolute Gasteiger partial charge is 0.232 e. The maximum atomic E-state index is 12.3. The third kappa shape index (κ3) is 1.53. The molecule has 0 unspecified atom stereocenters. The number of para-hydroxylation sites is 1. The van der Waals surface area contributed by atoms with Crippen molar-refractivity contribution in [1.82, 2.24) is 9.55 Å². The molecule has 0 saturated heterocycles. The predicted molar refractivity (Wildman–Crippen MR) is 62.3 cm³/mol.